The summed E-state index contributed by atoms with van der Waals surface area (Å²) in [6.07, 6.45) is 1.83. The lowest BCUT2D eigenvalue weighted by atomic mass is 9.96. The van der Waals surface area contributed by atoms with Crippen molar-refractivity contribution >= 4 is 23.0 Å². The van der Waals surface area contributed by atoms with Gasteiger partial charge in [0.1, 0.15) is 5.75 Å². The summed E-state index contributed by atoms with van der Waals surface area (Å²) in [7, 11) is 0. The molecule has 2 atom stereocenters. The number of aryl methyl sites for hydroxylation is 2. The first-order valence-corrected chi connectivity index (χ1v) is 11.4. The van der Waals surface area contributed by atoms with Gasteiger partial charge in [0.05, 0.1) is 17.8 Å². The molecule has 2 aromatic carbocycles. The Bertz CT molecular complexity index is 1310. The maximum absolute atomic E-state index is 9.75. The SMILES string of the molecule is Cc1cccc(N2C(=S)N[C@@H](c3ccccn3)[C@@H]2c2cc(C)n(-c3ccc(O)cc3)c2C)c1. The van der Waals surface area contributed by atoms with Crippen molar-refractivity contribution in [2.45, 2.75) is 32.9 Å². The molecule has 1 fully saturated rings. The van der Waals surface area contributed by atoms with Gasteiger partial charge in [0.15, 0.2) is 5.11 Å². The summed E-state index contributed by atoms with van der Waals surface area (Å²) in [5.41, 5.74) is 7.65. The summed E-state index contributed by atoms with van der Waals surface area (Å²) in [6.45, 7) is 6.34. The van der Waals surface area contributed by atoms with Crippen molar-refractivity contribution in [3.63, 3.8) is 0 Å². The van der Waals surface area contributed by atoms with E-state index in [9.17, 15) is 5.11 Å². The number of thiocarbonyl (C=S) groups is 1. The van der Waals surface area contributed by atoms with E-state index in [1.54, 1.807) is 12.1 Å². The minimum absolute atomic E-state index is 0.0636. The molecular formula is C27H26N4OS. The van der Waals surface area contributed by atoms with Crippen LogP contribution in [0.25, 0.3) is 5.69 Å². The number of rotatable bonds is 4. The third kappa shape index (κ3) is 3.76. The zero-order valence-corrected chi connectivity index (χ0v) is 19.7. The van der Waals surface area contributed by atoms with Crippen molar-refractivity contribution in [3.8, 4) is 11.4 Å². The summed E-state index contributed by atoms with van der Waals surface area (Å²) in [5.74, 6) is 0.257. The van der Waals surface area contributed by atoms with Crippen LogP contribution in [-0.2, 0) is 0 Å². The molecule has 5 rings (SSSR count). The first kappa shape index (κ1) is 21.2. The molecule has 0 radical (unpaired) electrons. The molecule has 3 heterocycles. The highest BCUT2D eigenvalue weighted by Crippen LogP contribution is 2.43. The molecule has 2 aromatic heterocycles. The van der Waals surface area contributed by atoms with E-state index < -0.39 is 0 Å². The van der Waals surface area contributed by atoms with E-state index in [-0.39, 0.29) is 17.8 Å². The fourth-order valence-corrected chi connectivity index (χ4v) is 5.16. The van der Waals surface area contributed by atoms with E-state index in [1.807, 2.05) is 36.5 Å². The molecule has 0 saturated carbocycles. The van der Waals surface area contributed by atoms with E-state index in [0.29, 0.717) is 5.11 Å². The topological polar surface area (TPSA) is 53.3 Å². The van der Waals surface area contributed by atoms with E-state index in [2.05, 4.69) is 70.9 Å². The van der Waals surface area contributed by atoms with Gasteiger partial charge in [0.2, 0.25) is 0 Å². The van der Waals surface area contributed by atoms with Gasteiger partial charge in [-0.05, 0) is 98.7 Å². The minimum atomic E-state index is -0.0898. The third-order valence-corrected chi connectivity index (χ3v) is 6.59. The second kappa shape index (κ2) is 8.37. The lowest BCUT2D eigenvalue weighted by molar-refractivity contribution is 0.475. The van der Waals surface area contributed by atoms with Crippen LogP contribution in [-0.4, -0.2) is 19.8 Å². The lowest BCUT2D eigenvalue weighted by Gasteiger charge is -2.28. The van der Waals surface area contributed by atoms with Gasteiger partial charge in [0.25, 0.3) is 0 Å². The molecule has 1 saturated heterocycles. The van der Waals surface area contributed by atoms with Crippen LogP contribution < -0.4 is 10.2 Å². The van der Waals surface area contributed by atoms with Crippen molar-refractivity contribution in [3.05, 3.63) is 107 Å². The highest BCUT2D eigenvalue weighted by Gasteiger charge is 2.42. The van der Waals surface area contributed by atoms with Crippen LogP contribution in [0.15, 0.2) is 79.0 Å². The van der Waals surface area contributed by atoms with Gasteiger partial charge in [0, 0.05) is 29.0 Å². The van der Waals surface area contributed by atoms with Crippen LogP contribution in [0.3, 0.4) is 0 Å². The molecule has 0 amide bonds. The standard InChI is InChI=1S/C27H26N4OS/c1-17-7-6-8-21(15-17)31-26(25(29-27(31)33)24-9-4-5-14-28-24)23-16-18(2)30(19(23)3)20-10-12-22(32)13-11-20/h4-16,25-26,32H,1-3H3,(H,29,33)/t25-,26-/m0/s1. The number of aromatic nitrogens is 2. The van der Waals surface area contributed by atoms with Gasteiger partial charge in [-0.25, -0.2) is 0 Å². The molecule has 5 nitrogen and oxygen atoms in total. The minimum Gasteiger partial charge on any atom is -0.508 e. The number of phenols is 1. The number of anilines is 1. The molecule has 1 aliphatic rings. The van der Waals surface area contributed by atoms with Crippen LogP contribution in [0.4, 0.5) is 5.69 Å². The van der Waals surface area contributed by atoms with E-state index in [0.717, 1.165) is 28.5 Å². The number of benzene rings is 2. The summed E-state index contributed by atoms with van der Waals surface area (Å²) in [5, 5.41) is 14.0. The number of aromatic hydroxyl groups is 1. The number of hydrogen-bond donors (Lipinski definition) is 2. The fourth-order valence-electron chi connectivity index (χ4n) is 4.81. The summed E-state index contributed by atoms with van der Waals surface area (Å²) < 4.78 is 2.22. The lowest BCUT2D eigenvalue weighted by Crippen LogP contribution is -2.29. The van der Waals surface area contributed by atoms with Crippen LogP contribution in [0, 0.1) is 20.8 Å². The van der Waals surface area contributed by atoms with Crippen molar-refractivity contribution in [2.24, 2.45) is 0 Å². The molecule has 0 unspecified atom stereocenters. The quantitative estimate of drug-likeness (QED) is 0.389. The summed E-state index contributed by atoms with van der Waals surface area (Å²) in [4.78, 5) is 6.87. The Morgan fingerprint density at radius 2 is 1.70 bits per heavy atom. The molecular weight excluding hydrogens is 428 g/mol. The van der Waals surface area contributed by atoms with Gasteiger partial charge in [-0.15, -0.1) is 0 Å². The van der Waals surface area contributed by atoms with Crippen LogP contribution in [0.1, 0.15) is 40.3 Å². The van der Waals surface area contributed by atoms with Crippen molar-refractivity contribution in [1.82, 2.24) is 14.9 Å². The van der Waals surface area contributed by atoms with Crippen molar-refractivity contribution in [2.75, 3.05) is 4.90 Å². The Morgan fingerprint density at radius 1 is 0.909 bits per heavy atom. The molecule has 4 aromatic rings. The van der Waals surface area contributed by atoms with E-state index in [4.69, 9.17) is 12.2 Å². The van der Waals surface area contributed by atoms with Gasteiger partial charge < -0.3 is 19.9 Å². The van der Waals surface area contributed by atoms with Crippen LogP contribution in [0.2, 0.25) is 0 Å². The number of hydrogen-bond acceptors (Lipinski definition) is 3. The second-order valence-electron chi connectivity index (χ2n) is 8.51. The fraction of sp³-hybridized carbons (Fsp3) is 0.185. The average Bonchev–Trinajstić information content (AvgIpc) is 3.30. The van der Waals surface area contributed by atoms with Gasteiger partial charge in [-0.1, -0.05) is 18.2 Å². The zero-order valence-electron chi connectivity index (χ0n) is 18.9. The Labute approximate surface area is 199 Å². The van der Waals surface area contributed by atoms with Gasteiger partial charge >= 0.3 is 0 Å². The molecule has 2 N–H and O–H groups in total. The molecule has 0 aliphatic carbocycles. The second-order valence-corrected chi connectivity index (χ2v) is 8.90. The average molecular weight is 455 g/mol. The monoisotopic (exact) mass is 454 g/mol. The van der Waals surface area contributed by atoms with Crippen LogP contribution in [0.5, 0.6) is 5.75 Å². The molecule has 166 valence electrons. The first-order valence-electron chi connectivity index (χ1n) is 11.0. The van der Waals surface area contributed by atoms with Crippen LogP contribution >= 0.6 is 12.2 Å². The highest BCUT2D eigenvalue weighted by molar-refractivity contribution is 7.80. The first-order chi connectivity index (χ1) is 15.9. The molecule has 0 bridgehead atoms. The number of nitrogens with zero attached hydrogens (tertiary/aromatic N) is 3. The van der Waals surface area contributed by atoms with E-state index in [1.165, 1.54) is 11.1 Å². The zero-order chi connectivity index (χ0) is 23.1. The number of phenolic OH excluding ortho intramolecular Hbond substituents is 1. The normalized spacial score (nSPS) is 17.9. The summed E-state index contributed by atoms with van der Waals surface area (Å²) in [6, 6.07) is 23.8. The molecule has 1 aliphatic heterocycles. The summed E-state index contributed by atoms with van der Waals surface area (Å²) >= 11 is 5.86. The Balaban J connectivity index is 1.68. The smallest absolute Gasteiger partial charge is 0.174 e. The molecule has 6 heteroatoms. The predicted molar refractivity (Wildman–Crippen MR) is 136 cm³/mol. The number of nitrogens with one attached hydrogen (secondary N) is 1. The molecule has 0 spiro atoms. The Kier molecular flexibility index (Phi) is 5.38. The predicted octanol–water partition coefficient (Wildman–Crippen LogP) is 5.68. The van der Waals surface area contributed by atoms with Gasteiger partial charge in [-0.3, -0.25) is 4.98 Å². The highest BCUT2D eigenvalue weighted by atomic mass is 32.1. The third-order valence-electron chi connectivity index (χ3n) is 6.27. The Morgan fingerprint density at radius 3 is 2.39 bits per heavy atom. The van der Waals surface area contributed by atoms with Crippen molar-refractivity contribution < 1.29 is 5.11 Å². The molecule has 33 heavy (non-hydrogen) atoms. The maximum atomic E-state index is 9.75. The van der Waals surface area contributed by atoms with E-state index >= 15 is 0 Å². The Hall–Kier alpha value is -3.64. The van der Waals surface area contributed by atoms with Gasteiger partial charge in [-0.2, -0.15) is 0 Å². The largest absolute Gasteiger partial charge is 0.508 e. The van der Waals surface area contributed by atoms with Crippen molar-refractivity contribution in [1.29, 1.82) is 0 Å². The number of pyridine rings is 1. The maximum Gasteiger partial charge on any atom is 0.174 e.